The van der Waals surface area contributed by atoms with E-state index in [2.05, 4.69) is 23.5 Å². The molecule has 0 bridgehead atoms. The third-order valence-corrected chi connectivity index (χ3v) is 5.43. The number of hydrogen-bond acceptors (Lipinski definition) is 3. The first-order chi connectivity index (χ1) is 12.1. The second-order valence-electron chi connectivity index (χ2n) is 6.74. The minimum atomic E-state index is -0.868. The van der Waals surface area contributed by atoms with Gasteiger partial charge in [0.15, 0.2) is 0 Å². The van der Waals surface area contributed by atoms with Crippen molar-refractivity contribution in [2.75, 3.05) is 12.4 Å². The van der Waals surface area contributed by atoms with Crippen molar-refractivity contribution in [2.45, 2.75) is 25.3 Å². The molecule has 0 aromatic heterocycles. The first-order valence-corrected chi connectivity index (χ1v) is 8.54. The first kappa shape index (κ1) is 15.8. The van der Waals surface area contributed by atoms with Gasteiger partial charge in [0.2, 0.25) is 0 Å². The Kier molecular flexibility index (Phi) is 3.75. The van der Waals surface area contributed by atoms with Crippen LogP contribution in [0.2, 0.25) is 0 Å². The van der Waals surface area contributed by atoms with Crippen molar-refractivity contribution in [1.82, 2.24) is 0 Å². The molecular weight excluding hydrogens is 314 g/mol. The molecule has 0 saturated heterocycles. The van der Waals surface area contributed by atoms with Gasteiger partial charge >= 0.3 is 5.97 Å². The second kappa shape index (κ2) is 5.96. The fraction of sp³-hybridized carbons (Fsp3) is 0.286. The number of benzene rings is 2. The maximum Gasteiger partial charge on any atom is 0.336 e. The molecule has 1 heterocycles. The summed E-state index contributed by atoms with van der Waals surface area (Å²) < 4.78 is 5.57. The molecule has 2 N–H and O–H groups in total. The Bertz CT molecular complexity index is 871. The van der Waals surface area contributed by atoms with Crippen molar-refractivity contribution >= 4 is 11.7 Å². The maximum atomic E-state index is 11.8. The molecule has 0 radical (unpaired) electrons. The van der Waals surface area contributed by atoms with Crippen LogP contribution in [0.15, 0.2) is 48.6 Å². The average Bonchev–Trinajstić information content (AvgIpc) is 3.11. The molecule has 0 amide bonds. The molecule has 4 rings (SSSR count). The van der Waals surface area contributed by atoms with E-state index in [0.29, 0.717) is 5.56 Å². The SMILES string of the molecule is COc1ccccc1[C@@H]1Nc2c(C)ccc(C(=O)O)c2[C@@H]2C=CC[C@H]21. The van der Waals surface area contributed by atoms with Crippen LogP contribution in [0.5, 0.6) is 5.75 Å². The Morgan fingerprint density at radius 2 is 2.04 bits per heavy atom. The van der Waals surface area contributed by atoms with E-state index >= 15 is 0 Å². The van der Waals surface area contributed by atoms with Crippen molar-refractivity contribution in [2.24, 2.45) is 5.92 Å². The van der Waals surface area contributed by atoms with E-state index in [1.807, 2.05) is 31.2 Å². The first-order valence-electron chi connectivity index (χ1n) is 8.54. The fourth-order valence-corrected chi connectivity index (χ4v) is 4.27. The zero-order chi connectivity index (χ0) is 17.6. The Morgan fingerprint density at radius 3 is 2.80 bits per heavy atom. The number of nitrogens with one attached hydrogen (secondary N) is 1. The lowest BCUT2D eigenvalue weighted by atomic mass is 9.74. The molecule has 2 aromatic rings. The number of ether oxygens (including phenoxy) is 1. The molecule has 3 atom stereocenters. The molecule has 4 nitrogen and oxygen atoms in total. The highest BCUT2D eigenvalue weighted by Gasteiger charge is 2.41. The molecular formula is C21H21NO3. The molecule has 25 heavy (non-hydrogen) atoms. The molecule has 0 unspecified atom stereocenters. The van der Waals surface area contributed by atoms with Gasteiger partial charge in [-0.05, 0) is 42.5 Å². The smallest absolute Gasteiger partial charge is 0.336 e. The van der Waals surface area contributed by atoms with E-state index in [9.17, 15) is 9.90 Å². The number of aryl methyl sites for hydroxylation is 1. The summed E-state index contributed by atoms with van der Waals surface area (Å²) in [6, 6.07) is 11.8. The van der Waals surface area contributed by atoms with Crippen molar-refractivity contribution in [1.29, 1.82) is 0 Å². The van der Waals surface area contributed by atoms with Gasteiger partial charge in [-0.3, -0.25) is 0 Å². The number of allylic oxidation sites excluding steroid dienone is 2. The van der Waals surface area contributed by atoms with Gasteiger partial charge in [-0.15, -0.1) is 0 Å². The monoisotopic (exact) mass is 335 g/mol. The number of carboxylic acid groups (broad SMARTS) is 1. The molecule has 1 aliphatic carbocycles. The predicted molar refractivity (Wildman–Crippen MR) is 97.5 cm³/mol. The van der Waals surface area contributed by atoms with E-state index in [1.54, 1.807) is 13.2 Å². The summed E-state index contributed by atoms with van der Waals surface area (Å²) in [5, 5.41) is 13.3. The minimum absolute atomic E-state index is 0.0893. The Morgan fingerprint density at radius 1 is 1.24 bits per heavy atom. The summed E-state index contributed by atoms with van der Waals surface area (Å²) in [7, 11) is 1.69. The molecule has 1 aliphatic heterocycles. The molecule has 4 heteroatoms. The van der Waals surface area contributed by atoms with Gasteiger partial charge < -0.3 is 15.2 Å². The zero-order valence-electron chi connectivity index (χ0n) is 14.3. The molecule has 0 fully saturated rings. The number of carboxylic acids is 1. The molecule has 2 aliphatic rings. The van der Waals surface area contributed by atoms with Crippen LogP contribution < -0.4 is 10.1 Å². The summed E-state index contributed by atoms with van der Waals surface area (Å²) in [5.41, 5.74) is 4.45. The van der Waals surface area contributed by atoms with Crippen LogP contribution >= 0.6 is 0 Å². The third kappa shape index (κ3) is 2.40. The highest BCUT2D eigenvalue weighted by molar-refractivity contribution is 5.93. The topological polar surface area (TPSA) is 58.6 Å². The Hall–Kier alpha value is -2.75. The van der Waals surface area contributed by atoms with E-state index < -0.39 is 5.97 Å². The zero-order valence-corrected chi connectivity index (χ0v) is 14.3. The van der Waals surface area contributed by atoms with Gasteiger partial charge in [0.05, 0.1) is 18.7 Å². The highest BCUT2D eigenvalue weighted by Crippen LogP contribution is 2.52. The third-order valence-electron chi connectivity index (χ3n) is 5.43. The second-order valence-corrected chi connectivity index (χ2v) is 6.74. The van der Waals surface area contributed by atoms with Crippen molar-refractivity contribution < 1.29 is 14.6 Å². The van der Waals surface area contributed by atoms with E-state index in [-0.39, 0.29) is 17.9 Å². The molecule has 2 aromatic carbocycles. The van der Waals surface area contributed by atoms with Crippen LogP contribution in [0, 0.1) is 12.8 Å². The summed E-state index contributed by atoms with van der Waals surface area (Å²) in [6.45, 7) is 2.02. The Balaban J connectivity index is 1.89. The van der Waals surface area contributed by atoms with Crippen LogP contribution in [0.3, 0.4) is 0 Å². The summed E-state index contributed by atoms with van der Waals surface area (Å²) in [6.07, 6.45) is 5.26. The Labute approximate surface area is 147 Å². The molecule has 0 spiro atoms. The fourth-order valence-electron chi connectivity index (χ4n) is 4.27. The van der Waals surface area contributed by atoms with Gasteiger partial charge in [-0.25, -0.2) is 4.79 Å². The number of methoxy groups -OCH3 is 1. The number of anilines is 1. The largest absolute Gasteiger partial charge is 0.496 e. The summed E-state index contributed by atoms with van der Waals surface area (Å²) in [5.74, 6) is 0.384. The summed E-state index contributed by atoms with van der Waals surface area (Å²) in [4.78, 5) is 11.8. The molecule has 128 valence electrons. The van der Waals surface area contributed by atoms with E-state index in [1.165, 1.54) is 0 Å². The predicted octanol–water partition coefficient (Wildman–Crippen LogP) is 4.53. The number of carbonyl (C=O) groups is 1. The number of rotatable bonds is 3. The summed E-state index contributed by atoms with van der Waals surface area (Å²) >= 11 is 0. The van der Waals surface area contributed by atoms with Crippen LogP contribution in [0.4, 0.5) is 5.69 Å². The maximum absolute atomic E-state index is 11.8. The lowest BCUT2D eigenvalue weighted by molar-refractivity contribution is 0.0695. The number of hydrogen-bond donors (Lipinski definition) is 2. The standard InChI is InChI=1S/C21H21NO3/c1-12-10-11-16(21(23)24)18-13-7-5-8-14(13)20(22-19(12)18)15-6-3-4-9-17(15)25-2/h3-7,9-11,13-14,20,22H,8H2,1-2H3,(H,23,24)/t13-,14-,20-/m1/s1. The van der Waals surface area contributed by atoms with Gasteiger partial charge in [-0.1, -0.05) is 36.4 Å². The highest BCUT2D eigenvalue weighted by atomic mass is 16.5. The number of fused-ring (bicyclic) bond motifs is 3. The quantitative estimate of drug-likeness (QED) is 0.809. The van der Waals surface area contributed by atoms with E-state index in [0.717, 1.165) is 34.5 Å². The normalized spacial score (nSPS) is 23.5. The van der Waals surface area contributed by atoms with Gasteiger partial charge in [-0.2, -0.15) is 0 Å². The van der Waals surface area contributed by atoms with Gasteiger partial charge in [0, 0.05) is 17.2 Å². The van der Waals surface area contributed by atoms with Crippen molar-refractivity contribution in [3.8, 4) is 5.75 Å². The van der Waals surface area contributed by atoms with Gasteiger partial charge in [0.1, 0.15) is 5.75 Å². The van der Waals surface area contributed by atoms with Crippen LogP contribution in [0.1, 0.15) is 45.4 Å². The van der Waals surface area contributed by atoms with Crippen LogP contribution in [-0.4, -0.2) is 18.2 Å². The minimum Gasteiger partial charge on any atom is -0.496 e. The lowest BCUT2D eigenvalue weighted by Gasteiger charge is -2.39. The lowest BCUT2D eigenvalue weighted by Crippen LogP contribution is -2.31. The van der Waals surface area contributed by atoms with Gasteiger partial charge in [0.25, 0.3) is 0 Å². The van der Waals surface area contributed by atoms with Crippen LogP contribution in [-0.2, 0) is 0 Å². The number of aromatic carboxylic acids is 1. The van der Waals surface area contributed by atoms with Crippen LogP contribution in [0.25, 0.3) is 0 Å². The average molecular weight is 335 g/mol. The van der Waals surface area contributed by atoms with Crippen molar-refractivity contribution in [3.63, 3.8) is 0 Å². The van der Waals surface area contributed by atoms with E-state index in [4.69, 9.17) is 4.74 Å². The number of para-hydroxylation sites is 1. The van der Waals surface area contributed by atoms with Crippen molar-refractivity contribution in [3.05, 3.63) is 70.8 Å². The molecule has 0 saturated carbocycles.